The second-order valence-corrected chi connectivity index (χ2v) is 17.0. The first-order valence-corrected chi connectivity index (χ1v) is 15.4. The number of fused-ring (bicyclic) bond motifs is 4. The van der Waals surface area contributed by atoms with E-state index in [0.717, 1.165) is 12.1 Å². The van der Waals surface area contributed by atoms with Crippen LogP contribution in [0.25, 0.3) is 11.0 Å². The van der Waals surface area contributed by atoms with Crippen molar-refractivity contribution in [3.8, 4) is 11.5 Å². The normalized spacial score (nSPS) is 16.1. The van der Waals surface area contributed by atoms with Gasteiger partial charge in [-0.25, -0.2) is 0 Å². The summed E-state index contributed by atoms with van der Waals surface area (Å²) in [4.78, 5) is 40.1. The largest absolute Gasteiger partial charge is 0.507 e. The van der Waals surface area contributed by atoms with E-state index in [4.69, 9.17) is 8.84 Å². The standard InChI is InChI=1S/C30H36O8Si/c1-14(2)39(15(3)4,16(5)6)38-17(7)30(8,36)23-13-22(33)26-21(32)12-19-25(29(26)37-23)28(35)24-18(27(19)34)10-9-11-20(24)31/h9-17,31-32,36H,1-8H3/t17-,30-/m0/s1. The first-order chi connectivity index (χ1) is 18.1. The monoisotopic (exact) mass is 552 g/mol. The van der Waals surface area contributed by atoms with Gasteiger partial charge in [0.1, 0.15) is 28.2 Å². The van der Waals surface area contributed by atoms with E-state index in [1.54, 1.807) is 6.92 Å². The zero-order valence-electron chi connectivity index (χ0n) is 23.6. The summed E-state index contributed by atoms with van der Waals surface area (Å²) >= 11 is 0. The molecule has 2 aromatic carbocycles. The molecule has 1 heterocycles. The lowest BCUT2D eigenvalue weighted by Crippen LogP contribution is -2.53. The average Bonchev–Trinajstić information content (AvgIpc) is 2.84. The van der Waals surface area contributed by atoms with Crippen LogP contribution in [0.4, 0.5) is 0 Å². The maximum atomic E-state index is 13.6. The summed E-state index contributed by atoms with van der Waals surface area (Å²) in [6.45, 7) is 15.9. The molecule has 0 unspecified atom stereocenters. The molecule has 0 saturated heterocycles. The number of carbonyl (C=O) groups is 2. The molecule has 0 saturated carbocycles. The lowest BCUT2D eigenvalue weighted by Gasteiger charge is -2.46. The fourth-order valence-electron chi connectivity index (χ4n) is 6.24. The Morgan fingerprint density at radius 1 is 0.821 bits per heavy atom. The second-order valence-electron chi connectivity index (χ2n) is 11.6. The molecular formula is C30H36O8Si. The van der Waals surface area contributed by atoms with Crippen LogP contribution in [-0.4, -0.2) is 41.3 Å². The van der Waals surface area contributed by atoms with E-state index in [9.17, 15) is 29.7 Å². The van der Waals surface area contributed by atoms with E-state index >= 15 is 0 Å². The van der Waals surface area contributed by atoms with Crippen molar-refractivity contribution < 1.29 is 33.8 Å². The number of rotatable bonds is 7. The highest BCUT2D eigenvalue weighted by molar-refractivity contribution is 6.77. The minimum atomic E-state index is -2.45. The highest BCUT2D eigenvalue weighted by Crippen LogP contribution is 2.45. The van der Waals surface area contributed by atoms with Gasteiger partial charge in [-0.3, -0.25) is 14.4 Å². The predicted molar refractivity (Wildman–Crippen MR) is 150 cm³/mol. The molecule has 2 atom stereocenters. The van der Waals surface area contributed by atoms with Gasteiger partial charge in [-0.15, -0.1) is 0 Å². The molecule has 1 aromatic heterocycles. The molecule has 8 nitrogen and oxygen atoms in total. The summed E-state index contributed by atoms with van der Waals surface area (Å²) in [6.07, 6.45) is -0.799. The molecule has 1 aliphatic rings. The van der Waals surface area contributed by atoms with Gasteiger partial charge in [0.2, 0.25) is 14.1 Å². The molecule has 0 bridgehead atoms. The van der Waals surface area contributed by atoms with Crippen molar-refractivity contribution in [2.75, 3.05) is 0 Å². The van der Waals surface area contributed by atoms with Crippen LogP contribution in [0.15, 0.2) is 39.5 Å². The van der Waals surface area contributed by atoms with Crippen LogP contribution in [-0.2, 0) is 10.0 Å². The molecule has 0 radical (unpaired) electrons. The number of benzene rings is 2. The average molecular weight is 553 g/mol. The third-order valence-electron chi connectivity index (χ3n) is 8.35. The Morgan fingerprint density at radius 3 is 1.97 bits per heavy atom. The van der Waals surface area contributed by atoms with Gasteiger partial charge < -0.3 is 24.2 Å². The lowest BCUT2D eigenvalue weighted by atomic mass is 9.82. The number of ketones is 2. The van der Waals surface area contributed by atoms with Crippen molar-refractivity contribution >= 4 is 30.9 Å². The van der Waals surface area contributed by atoms with Crippen molar-refractivity contribution in [3.05, 3.63) is 68.6 Å². The van der Waals surface area contributed by atoms with Crippen LogP contribution < -0.4 is 5.43 Å². The lowest BCUT2D eigenvalue weighted by molar-refractivity contribution is -0.0656. The fourth-order valence-corrected chi connectivity index (χ4v) is 11.9. The van der Waals surface area contributed by atoms with Crippen LogP contribution in [0.1, 0.15) is 93.0 Å². The summed E-state index contributed by atoms with van der Waals surface area (Å²) in [5, 5.41) is 32.5. The zero-order valence-corrected chi connectivity index (χ0v) is 24.6. The van der Waals surface area contributed by atoms with Crippen LogP contribution in [0.5, 0.6) is 11.5 Å². The Hall–Kier alpha value is -3.27. The van der Waals surface area contributed by atoms with Gasteiger partial charge in [-0.1, -0.05) is 53.7 Å². The molecule has 3 N–H and O–H groups in total. The maximum Gasteiger partial charge on any atom is 0.202 e. The van der Waals surface area contributed by atoms with Crippen LogP contribution in [0.3, 0.4) is 0 Å². The number of phenols is 2. The Balaban J connectivity index is 1.93. The van der Waals surface area contributed by atoms with E-state index in [2.05, 4.69) is 41.5 Å². The molecule has 3 aromatic rings. The first kappa shape index (κ1) is 28.7. The topological polar surface area (TPSA) is 134 Å². The fraction of sp³-hybridized carbons (Fsp3) is 0.433. The molecule has 0 spiro atoms. The number of hydrogen-bond donors (Lipinski definition) is 3. The molecule has 4 rings (SSSR count). The van der Waals surface area contributed by atoms with Crippen molar-refractivity contribution in [1.29, 1.82) is 0 Å². The van der Waals surface area contributed by atoms with Crippen LogP contribution >= 0.6 is 0 Å². The SMILES string of the molecule is CC(C)[Si](O[C@@H](C)[C@](C)(O)c1cc(=O)c2c(O)cc3c(c2o1)C(=O)c1c(O)cccc1C3=O)(C(C)C)C(C)C. The van der Waals surface area contributed by atoms with Crippen molar-refractivity contribution in [2.45, 2.75) is 83.7 Å². The summed E-state index contributed by atoms with van der Waals surface area (Å²) in [5.41, 5.74) is -2.74. The molecule has 0 aliphatic heterocycles. The molecule has 0 amide bonds. The minimum absolute atomic E-state index is 0.0175. The number of hydrogen-bond acceptors (Lipinski definition) is 8. The van der Waals surface area contributed by atoms with E-state index in [-0.39, 0.29) is 61.4 Å². The van der Waals surface area contributed by atoms with Gasteiger partial charge in [0.25, 0.3) is 0 Å². The Morgan fingerprint density at radius 2 is 1.41 bits per heavy atom. The highest BCUT2D eigenvalue weighted by Gasteiger charge is 2.49. The Bertz CT molecular complexity index is 1530. The quantitative estimate of drug-likeness (QED) is 0.246. The molecule has 208 valence electrons. The smallest absolute Gasteiger partial charge is 0.202 e. The van der Waals surface area contributed by atoms with Crippen molar-refractivity contribution in [3.63, 3.8) is 0 Å². The number of aromatic hydroxyl groups is 2. The molecule has 1 aliphatic carbocycles. The van der Waals surface area contributed by atoms with Crippen LogP contribution in [0.2, 0.25) is 16.6 Å². The zero-order chi connectivity index (χ0) is 29.2. The van der Waals surface area contributed by atoms with Gasteiger partial charge in [0.05, 0.1) is 17.2 Å². The highest BCUT2D eigenvalue weighted by atomic mass is 28.4. The third kappa shape index (κ3) is 4.23. The van der Waals surface area contributed by atoms with E-state index in [1.165, 1.54) is 25.1 Å². The van der Waals surface area contributed by atoms with E-state index in [0.29, 0.717) is 0 Å². The van der Waals surface area contributed by atoms with Gasteiger partial charge in [0, 0.05) is 17.2 Å². The van der Waals surface area contributed by atoms with Crippen LogP contribution in [0, 0.1) is 0 Å². The second kappa shape index (κ2) is 9.73. The van der Waals surface area contributed by atoms with Crippen molar-refractivity contribution in [1.82, 2.24) is 0 Å². The molecule has 9 heteroatoms. The molecular weight excluding hydrogens is 516 g/mol. The van der Waals surface area contributed by atoms with E-state index in [1.807, 2.05) is 0 Å². The minimum Gasteiger partial charge on any atom is -0.507 e. The Kier molecular flexibility index (Phi) is 7.16. The summed E-state index contributed by atoms with van der Waals surface area (Å²) < 4.78 is 12.8. The van der Waals surface area contributed by atoms with Gasteiger partial charge in [-0.2, -0.15) is 0 Å². The Labute approximate surface area is 228 Å². The number of aliphatic hydroxyl groups is 1. The molecule has 0 fully saturated rings. The molecule has 39 heavy (non-hydrogen) atoms. The summed E-state index contributed by atoms with van der Waals surface area (Å²) in [5.74, 6) is -2.41. The van der Waals surface area contributed by atoms with E-state index < -0.39 is 42.8 Å². The first-order valence-electron chi connectivity index (χ1n) is 13.2. The summed E-state index contributed by atoms with van der Waals surface area (Å²) in [7, 11) is -2.45. The van der Waals surface area contributed by atoms with Gasteiger partial charge >= 0.3 is 0 Å². The number of carbonyl (C=O) groups excluding carboxylic acids is 2. The maximum absolute atomic E-state index is 13.6. The predicted octanol–water partition coefficient (Wildman–Crippen LogP) is 5.77. The third-order valence-corrected chi connectivity index (χ3v) is 14.5. The van der Waals surface area contributed by atoms with Gasteiger partial charge in [-0.05, 0) is 42.6 Å². The summed E-state index contributed by atoms with van der Waals surface area (Å²) in [6, 6.07) is 6.29. The van der Waals surface area contributed by atoms with Gasteiger partial charge in [0.15, 0.2) is 16.8 Å². The number of phenolic OH excluding ortho intramolecular Hbond substituents is 2. The van der Waals surface area contributed by atoms with Crippen molar-refractivity contribution in [2.24, 2.45) is 0 Å².